The summed E-state index contributed by atoms with van der Waals surface area (Å²) in [6.07, 6.45) is 8.99. The normalized spacial score (nSPS) is 14.7. The van der Waals surface area contributed by atoms with Crippen LogP contribution in [0.15, 0.2) is 12.3 Å². The number of rotatable bonds is 9. The molecule has 1 rings (SSSR count). The number of hydrogen-bond acceptors (Lipinski definition) is 3. The molecule has 3 N–H and O–H groups in total. The summed E-state index contributed by atoms with van der Waals surface area (Å²) >= 11 is 0. The van der Waals surface area contributed by atoms with Crippen LogP contribution in [-0.4, -0.2) is 15.8 Å². The molecule has 1 aromatic rings. The second-order valence-electron chi connectivity index (χ2n) is 5.11. The van der Waals surface area contributed by atoms with E-state index in [-0.39, 0.29) is 0 Å². The van der Waals surface area contributed by atoms with Gasteiger partial charge in [0.1, 0.15) is 0 Å². The van der Waals surface area contributed by atoms with E-state index < -0.39 is 0 Å². The number of aromatic nitrogens is 2. The summed E-state index contributed by atoms with van der Waals surface area (Å²) in [5, 5.41) is 4.62. The second kappa shape index (κ2) is 8.27. The standard InChI is InChI=1S/C14H28N4/c1-4-6-7-8-13(16-15)11-14-9-10-18(17-14)12(3)5-2/h9-10,12-13,16H,4-8,11,15H2,1-3H3. The van der Waals surface area contributed by atoms with Gasteiger partial charge in [-0.3, -0.25) is 16.0 Å². The van der Waals surface area contributed by atoms with Gasteiger partial charge in [-0.05, 0) is 25.8 Å². The van der Waals surface area contributed by atoms with E-state index in [0.29, 0.717) is 12.1 Å². The topological polar surface area (TPSA) is 55.9 Å². The lowest BCUT2D eigenvalue weighted by Crippen LogP contribution is -2.36. The predicted molar refractivity (Wildman–Crippen MR) is 76.2 cm³/mol. The van der Waals surface area contributed by atoms with Crippen molar-refractivity contribution in [1.82, 2.24) is 15.2 Å². The van der Waals surface area contributed by atoms with Crippen LogP contribution in [0.2, 0.25) is 0 Å². The summed E-state index contributed by atoms with van der Waals surface area (Å²) in [4.78, 5) is 0. The molecule has 4 heteroatoms. The zero-order chi connectivity index (χ0) is 13.4. The van der Waals surface area contributed by atoms with Crippen molar-refractivity contribution in [3.05, 3.63) is 18.0 Å². The van der Waals surface area contributed by atoms with E-state index in [1.54, 1.807) is 0 Å². The molecule has 0 bridgehead atoms. The average molecular weight is 252 g/mol. The molecule has 0 saturated carbocycles. The lowest BCUT2D eigenvalue weighted by atomic mass is 10.0. The molecule has 0 radical (unpaired) electrons. The van der Waals surface area contributed by atoms with E-state index in [0.717, 1.165) is 25.0 Å². The number of nitrogens with two attached hydrogens (primary N) is 1. The van der Waals surface area contributed by atoms with Crippen molar-refractivity contribution < 1.29 is 0 Å². The zero-order valence-electron chi connectivity index (χ0n) is 12.0. The number of unbranched alkanes of at least 4 members (excludes halogenated alkanes) is 2. The molecule has 0 spiro atoms. The molecule has 0 amide bonds. The van der Waals surface area contributed by atoms with Crippen LogP contribution in [0.1, 0.15) is 64.6 Å². The van der Waals surface area contributed by atoms with Crippen molar-refractivity contribution in [2.24, 2.45) is 5.84 Å². The Balaban J connectivity index is 2.46. The molecule has 104 valence electrons. The Hall–Kier alpha value is -0.870. The van der Waals surface area contributed by atoms with Gasteiger partial charge in [0.15, 0.2) is 0 Å². The molecule has 18 heavy (non-hydrogen) atoms. The summed E-state index contributed by atoms with van der Waals surface area (Å²) in [6, 6.07) is 2.93. The largest absolute Gasteiger partial charge is 0.271 e. The van der Waals surface area contributed by atoms with Crippen molar-refractivity contribution in [2.75, 3.05) is 0 Å². The molecule has 0 aliphatic rings. The number of nitrogens with one attached hydrogen (secondary N) is 1. The molecule has 2 atom stereocenters. The summed E-state index contributed by atoms with van der Waals surface area (Å²) in [5.41, 5.74) is 4.05. The Morgan fingerprint density at radius 2 is 2.17 bits per heavy atom. The quantitative estimate of drug-likeness (QED) is 0.404. The first-order chi connectivity index (χ1) is 8.71. The van der Waals surface area contributed by atoms with Crippen molar-refractivity contribution in [1.29, 1.82) is 0 Å². The fourth-order valence-corrected chi connectivity index (χ4v) is 2.06. The summed E-state index contributed by atoms with van der Waals surface area (Å²) < 4.78 is 2.05. The number of hydrazine groups is 1. The van der Waals surface area contributed by atoms with E-state index in [1.807, 2.05) is 0 Å². The van der Waals surface area contributed by atoms with Gasteiger partial charge in [0.2, 0.25) is 0 Å². The Morgan fingerprint density at radius 3 is 2.78 bits per heavy atom. The van der Waals surface area contributed by atoms with Gasteiger partial charge >= 0.3 is 0 Å². The first-order valence-electron chi connectivity index (χ1n) is 7.21. The molecule has 1 heterocycles. The summed E-state index contributed by atoms with van der Waals surface area (Å²) in [5.74, 6) is 5.61. The highest BCUT2D eigenvalue weighted by Crippen LogP contribution is 2.12. The molecule has 0 saturated heterocycles. The third-order valence-corrected chi connectivity index (χ3v) is 3.55. The average Bonchev–Trinajstić information content (AvgIpc) is 2.85. The Kier molecular flexibility index (Phi) is 6.98. The highest BCUT2D eigenvalue weighted by Gasteiger charge is 2.10. The molecule has 4 nitrogen and oxygen atoms in total. The molecule has 1 aromatic heterocycles. The van der Waals surface area contributed by atoms with Crippen molar-refractivity contribution in [3.8, 4) is 0 Å². The van der Waals surface area contributed by atoms with Gasteiger partial charge in [-0.1, -0.05) is 33.1 Å². The number of nitrogens with zero attached hydrogens (tertiary/aromatic N) is 2. The first-order valence-corrected chi connectivity index (χ1v) is 7.21. The molecular formula is C14H28N4. The second-order valence-corrected chi connectivity index (χ2v) is 5.11. The van der Waals surface area contributed by atoms with Crippen LogP contribution in [0.5, 0.6) is 0 Å². The van der Waals surface area contributed by atoms with Crippen LogP contribution in [0.4, 0.5) is 0 Å². The van der Waals surface area contributed by atoms with Crippen LogP contribution < -0.4 is 11.3 Å². The van der Waals surface area contributed by atoms with Gasteiger partial charge in [-0.15, -0.1) is 0 Å². The third-order valence-electron chi connectivity index (χ3n) is 3.55. The van der Waals surface area contributed by atoms with Gasteiger partial charge in [-0.2, -0.15) is 5.10 Å². The predicted octanol–water partition coefficient (Wildman–Crippen LogP) is 2.81. The highest BCUT2D eigenvalue weighted by atomic mass is 15.3. The summed E-state index contributed by atoms with van der Waals surface area (Å²) in [6.45, 7) is 6.59. The minimum atomic E-state index is 0.344. The maximum atomic E-state index is 5.61. The van der Waals surface area contributed by atoms with Gasteiger partial charge in [0.25, 0.3) is 0 Å². The summed E-state index contributed by atoms with van der Waals surface area (Å²) in [7, 11) is 0. The van der Waals surface area contributed by atoms with Crippen molar-refractivity contribution in [3.63, 3.8) is 0 Å². The number of hydrogen-bond donors (Lipinski definition) is 2. The molecule has 0 aromatic carbocycles. The van der Waals surface area contributed by atoms with Gasteiger partial charge in [-0.25, -0.2) is 0 Å². The van der Waals surface area contributed by atoms with Gasteiger partial charge in [0.05, 0.1) is 5.69 Å². The molecule has 0 fully saturated rings. The van der Waals surface area contributed by atoms with E-state index in [1.165, 1.54) is 19.3 Å². The SMILES string of the molecule is CCCCCC(Cc1ccn(C(C)CC)n1)NN. The Bertz CT molecular complexity index is 321. The van der Waals surface area contributed by atoms with E-state index in [9.17, 15) is 0 Å². The minimum absolute atomic E-state index is 0.344. The lowest BCUT2D eigenvalue weighted by molar-refractivity contribution is 0.446. The first kappa shape index (κ1) is 15.2. The molecule has 0 aliphatic carbocycles. The fraction of sp³-hybridized carbons (Fsp3) is 0.786. The fourth-order valence-electron chi connectivity index (χ4n) is 2.06. The van der Waals surface area contributed by atoms with Crippen LogP contribution in [0, 0.1) is 0 Å². The Morgan fingerprint density at radius 1 is 1.39 bits per heavy atom. The van der Waals surface area contributed by atoms with Crippen LogP contribution in [0.3, 0.4) is 0 Å². The van der Waals surface area contributed by atoms with Crippen LogP contribution >= 0.6 is 0 Å². The Labute approximate surface area is 111 Å². The minimum Gasteiger partial charge on any atom is -0.271 e. The zero-order valence-corrected chi connectivity index (χ0v) is 12.0. The lowest BCUT2D eigenvalue weighted by Gasteiger charge is -2.14. The van der Waals surface area contributed by atoms with E-state index in [4.69, 9.17) is 5.84 Å². The van der Waals surface area contributed by atoms with E-state index >= 15 is 0 Å². The van der Waals surface area contributed by atoms with Crippen LogP contribution in [-0.2, 0) is 6.42 Å². The maximum Gasteiger partial charge on any atom is 0.0640 e. The smallest absolute Gasteiger partial charge is 0.0640 e. The monoisotopic (exact) mass is 252 g/mol. The van der Waals surface area contributed by atoms with Crippen molar-refractivity contribution in [2.45, 2.75) is 71.4 Å². The molecule has 2 unspecified atom stereocenters. The highest BCUT2D eigenvalue weighted by molar-refractivity contribution is 5.02. The third kappa shape index (κ3) is 4.78. The van der Waals surface area contributed by atoms with Crippen molar-refractivity contribution >= 4 is 0 Å². The molecule has 0 aliphatic heterocycles. The maximum absolute atomic E-state index is 5.61. The molecular weight excluding hydrogens is 224 g/mol. The van der Waals surface area contributed by atoms with Gasteiger partial charge < -0.3 is 0 Å². The van der Waals surface area contributed by atoms with Crippen LogP contribution in [0.25, 0.3) is 0 Å². The van der Waals surface area contributed by atoms with E-state index in [2.05, 4.69) is 48.2 Å². The van der Waals surface area contributed by atoms with Gasteiger partial charge in [0, 0.05) is 24.7 Å².